The van der Waals surface area contributed by atoms with Gasteiger partial charge in [-0.3, -0.25) is 0 Å². The van der Waals surface area contributed by atoms with Crippen molar-refractivity contribution in [1.82, 2.24) is 0 Å². The van der Waals surface area contributed by atoms with E-state index in [-0.39, 0.29) is 0 Å². The lowest BCUT2D eigenvalue weighted by atomic mass is 9.94. The normalized spacial score (nSPS) is 13.8. The van der Waals surface area contributed by atoms with Crippen LogP contribution in [0.25, 0.3) is 0 Å². The lowest BCUT2D eigenvalue weighted by molar-refractivity contribution is 0.497. The molecule has 0 fully saturated rings. The first-order valence-corrected chi connectivity index (χ1v) is 12.1. The van der Waals surface area contributed by atoms with E-state index in [2.05, 4.69) is 75.1 Å². The maximum Gasteiger partial charge on any atom is -0.0239 e. The summed E-state index contributed by atoms with van der Waals surface area (Å²) >= 11 is 0. The molecule has 0 aromatic heterocycles. The second-order valence-electron chi connectivity index (χ2n) is 8.90. The fourth-order valence-electron chi connectivity index (χ4n) is 3.67. The van der Waals surface area contributed by atoms with Crippen LogP contribution >= 0.6 is 9.24 Å². The highest BCUT2D eigenvalue weighted by molar-refractivity contribution is 7.27. The van der Waals surface area contributed by atoms with Gasteiger partial charge in [0.1, 0.15) is 0 Å². The van der Waals surface area contributed by atoms with Crippen LogP contribution in [0.2, 0.25) is 0 Å². The number of rotatable bonds is 13. The van der Waals surface area contributed by atoms with Crippen LogP contribution in [-0.4, -0.2) is 0 Å². The fraction of sp³-hybridized carbons (Fsp3) is 0.630. The van der Waals surface area contributed by atoms with Crippen molar-refractivity contribution in [3.8, 4) is 0 Å². The molecule has 0 radical (unpaired) electrons. The fourth-order valence-corrected chi connectivity index (χ4v) is 4.14. The summed E-state index contributed by atoms with van der Waals surface area (Å²) in [6.45, 7) is 13.7. The van der Waals surface area contributed by atoms with Crippen LogP contribution in [0.4, 0.5) is 0 Å². The summed E-state index contributed by atoms with van der Waals surface area (Å²) in [6.07, 6.45) is 17.7. The molecule has 0 amide bonds. The highest BCUT2D eigenvalue weighted by atomic mass is 31.0. The van der Waals surface area contributed by atoms with Gasteiger partial charge in [-0.05, 0) is 107 Å². The molecule has 2 unspecified atom stereocenters. The summed E-state index contributed by atoms with van der Waals surface area (Å²) in [7, 11) is 2.96. The number of hydrogen-bond acceptors (Lipinski definition) is 0. The van der Waals surface area contributed by atoms with Crippen molar-refractivity contribution in [2.75, 3.05) is 0 Å². The molecule has 28 heavy (non-hydrogen) atoms. The van der Waals surface area contributed by atoms with Gasteiger partial charge in [0.25, 0.3) is 0 Å². The van der Waals surface area contributed by atoms with Crippen LogP contribution in [0.1, 0.15) is 102 Å². The van der Waals surface area contributed by atoms with Gasteiger partial charge in [-0.15, -0.1) is 9.24 Å². The molecular formula is C27H45P. The Bertz CT molecular complexity index is 636. The standard InChI is InChI=1S/C27H45P/c1-7-8-9-12-21(2)13-10-14-22(3)15-11-16-23(4)17-19-26-20-18-24(5)25(6)27(26)28/h12,15,18,20,23H,7-11,13-14,16-17,19,28H2,1-6H3/b21-12+,22-15+. The Morgan fingerprint density at radius 3 is 2.25 bits per heavy atom. The van der Waals surface area contributed by atoms with E-state index in [1.807, 2.05) is 0 Å². The zero-order valence-corrected chi connectivity index (χ0v) is 20.7. The van der Waals surface area contributed by atoms with E-state index in [4.69, 9.17) is 0 Å². The Morgan fingerprint density at radius 2 is 1.61 bits per heavy atom. The van der Waals surface area contributed by atoms with E-state index < -0.39 is 0 Å². The van der Waals surface area contributed by atoms with E-state index in [9.17, 15) is 0 Å². The van der Waals surface area contributed by atoms with Gasteiger partial charge in [-0.25, -0.2) is 0 Å². The molecule has 0 spiro atoms. The molecule has 1 rings (SSSR count). The van der Waals surface area contributed by atoms with Crippen molar-refractivity contribution < 1.29 is 0 Å². The predicted molar refractivity (Wildman–Crippen MR) is 133 cm³/mol. The molecular weight excluding hydrogens is 355 g/mol. The molecule has 0 saturated carbocycles. The van der Waals surface area contributed by atoms with Gasteiger partial charge in [0, 0.05) is 0 Å². The summed E-state index contributed by atoms with van der Waals surface area (Å²) in [5, 5.41) is 1.42. The molecule has 1 aromatic rings. The Balaban J connectivity index is 2.26. The number of allylic oxidation sites excluding steroid dienone is 4. The van der Waals surface area contributed by atoms with Gasteiger partial charge < -0.3 is 0 Å². The molecule has 0 N–H and O–H groups in total. The first-order chi connectivity index (χ1) is 13.3. The first kappa shape index (κ1) is 25.2. The maximum absolute atomic E-state index is 2.96. The summed E-state index contributed by atoms with van der Waals surface area (Å²) in [6, 6.07) is 4.59. The Morgan fingerprint density at radius 1 is 0.964 bits per heavy atom. The van der Waals surface area contributed by atoms with E-state index >= 15 is 0 Å². The van der Waals surface area contributed by atoms with Gasteiger partial charge in [0.2, 0.25) is 0 Å². The molecule has 158 valence electrons. The molecule has 0 aliphatic rings. The average molecular weight is 401 g/mol. The highest BCUT2D eigenvalue weighted by Crippen LogP contribution is 2.19. The zero-order valence-electron chi connectivity index (χ0n) is 19.5. The highest BCUT2D eigenvalue weighted by Gasteiger charge is 2.07. The predicted octanol–water partition coefficient (Wildman–Crippen LogP) is 8.41. The molecule has 1 aromatic carbocycles. The SMILES string of the molecule is CCCC/C=C(\C)CCC/C(C)=C/CCC(C)CCc1ccc(C)c(C)c1P. The van der Waals surface area contributed by atoms with Gasteiger partial charge in [0.15, 0.2) is 0 Å². The van der Waals surface area contributed by atoms with Crippen molar-refractivity contribution in [2.45, 2.75) is 106 Å². The Kier molecular flexibility index (Phi) is 12.7. The van der Waals surface area contributed by atoms with E-state index in [0.717, 1.165) is 5.92 Å². The maximum atomic E-state index is 2.96. The van der Waals surface area contributed by atoms with Crippen molar-refractivity contribution in [3.63, 3.8) is 0 Å². The van der Waals surface area contributed by atoms with Crippen molar-refractivity contribution in [3.05, 3.63) is 52.1 Å². The third kappa shape index (κ3) is 10.1. The summed E-state index contributed by atoms with van der Waals surface area (Å²) in [4.78, 5) is 0. The lowest BCUT2D eigenvalue weighted by Crippen LogP contribution is -2.09. The average Bonchev–Trinajstić information content (AvgIpc) is 2.66. The van der Waals surface area contributed by atoms with Crippen LogP contribution in [0.3, 0.4) is 0 Å². The van der Waals surface area contributed by atoms with Crippen molar-refractivity contribution in [1.29, 1.82) is 0 Å². The smallest absolute Gasteiger partial charge is 0.0239 e. The molecule has 0 nitrogen and oxygen atoms in total. The Hall–Kier alpha value is -0.870. The summed E-state index contributed by atoms with van der Waals surface area (Å²) in [5.74, 6) is 0.791. The second kappa shape index (κ2) is 14.2. The molecule has 0 heterocycles. The molecule has 0 bridgehead atoms. The van der Waals surface area contributed by atoms with Crippen LogP contribution in [-0.2, 0) is 6.42 Å². The summed E-state index contributed by atoms with van der Waals surface area (Å²) < 4.78 is 0. The molecule has 2 atom stereocenters. The molecule has 0 aliphatic heterocycles. The van der Waals surface area contributed by atoms with Gasteiger partial charge >= 0.3 is 0 Å². The third-order valence-corrected chi connectivity index (χ3v) is 6.93. The molecule has 1 heteroatoms. The van der Waals surface area contributed by atoms with Crippen molar-refractivity contribution in [2.24, 2.45) is 5.92 Å². The second-order valence-corrected chi connectivity index (χ2v) is 9.48. The van der Waals surface area contributed by atoms with Gasteiger partial charge in [0.05, 0.1) is 0 Å². The number of benzene rings is 1. The quantitative estimate of drug-likeness (QED) is 0.177. The van der Waals surface area contributed by atoms with Crippen LogP contribution < -0.4 is 5.30 Å². The number of hydrogen-bond donors (Lipinski definition) is 0. The van der Waals surface area contributed by atoms with E-state index in [1.165, 1.54) is 86.2 Å². The van der Waals surface area contributed by atoms with Crippen molar-refractivity contribution >= 4 is 14.5 Å². The van der Waals surface area contributed by atoms with Crippen LogP contribution in [0.5, 0.6) is 0 Å². The minimum Gasteiger partial charge on any atom is -0.105 e. The monoisotopic (exact) mass is 400 g/mol. The third-order valence-electron chi connectivity index (χ3n) is 6.13. The number of unbranched alkanes of at least 4 members (excludes halogenated alkanes) is 2. The Labute approximate surface area is 178 Å². The van der Waals surface area contributed by atoms with Crippen LogP contribution in [0.15, 0.2) is 35.4 Å². The zero-order chi connectivity index (χ0) is 20.9. The lowest BCUT2D eigenvalue weighted by Gasteiger charge is -2.14. The minimum absolute atomic E-state index is 0.791. The van der Waals surface area contributed by atoms with Crippen LogP contribution in [0, 0.1) is 19.8 Å². The summed E-state index contributed by atoms with van der Waals surface area (Å²) in [5.41, 5.74) is 7.50. The molecule has 0 saturated heterocycles. The van der Waals surface area contributed by atoms with Gasteiger partial charge in [-0.1, -0.05) is 62.1 Å². The topological polar surface area (TPSA) is 0 Å². The minimum atomic E-state index is 0.791. The largest absolute Gasteiger partial charge is 0.105 e. The first-order valence-electron chi connectivity index (χ1n) is 11.5. The van der Waals surface area contributed by atoms with E-state index in [1.54, 1.807) is 11.1 Å². The van der Waals surface area contributed by atoms with Gasteiger partial charge in [-0.2, -0.15) is 0 Å². The molecule has 0 aliphatic carbocycles. The van der Waals surface area contributed by atoms with E-state index in [0.29, 0.717) is 0 Å². The number of aryl methyl sites for hydroxylation is 2.